The third kappa shape index (κ3) is 5.47. The van der Waals surface area contributed by atoms with Crippen LogP contribution in [0.3, 0.4) is 0 Å². The average Bonchev–Trinajstić information content (AvgIpc) is 3.12. The quantitative estimate of drug-likeness (QED) is 0.394. The number of aliphatic carboxylic acids is 2. The first-order valence-electron chi connectivity index (χ1n) is 10.0. The highest BCUT2D eigenvalue weighted by Gasteiger charge is 2.27. The number of aryl methyl sites for hydroxylation is 2. The fraction of sp³-hybridized carbons (Fsp3) is 0.381. The third-order valence-corrected chi connectivity index (χ3v) is 5.46. The van der Waals surface area contributed by atoms with Crippen LogP contribution >= 0.6 is 0 Å². The molecule has 1 aromatic heterocycles. The van der Waals surface area contributed by atoms with Gasteiger partial charge in [0.2, 0.25) is 5.95 Å². The first-order chi connectivity index (χ1) is 14.7. The standard InChI is InChI=1S/C21H25N5O5/c22-18-17-12(7-8-14(17)25-21(23)26-18)4-1-11-2-5-13(6-3-11)19(29)24-15(20(30)31)9-10-16(27)28/h2-3,5-6,12,15H,1,4,7-10H2,(H,24,29)(H,27,28)(H,30,31)(H4,22,23,25,26)/t12?,15-/m0/s1. The normalized spacial score (nSPS) is 15.8. The number of nitrogens with zero attached hydrogens (tertiary/aromatic N) is 2. The van der Waals surface area contributed by atoms with Gasteiger partial charge >= 0.3 is 11.9 Å². The van der Waals surface area contributed by atoms with Crippen LogP contribution in [0.5, 0.6) is 0 Å². The predicted molar refractivity (Wildman–Crippen MR) is 112 cm³/mol. The molecule has 1 aromatic carbocycles. The highest BCUT2D eigenvalue weighted by atomic mass is 16.4. The number of carboxylic acid groups (broad SMARTS) is 2. The molecule has 0 fully saturated rings. The van der Waals surface area contributed by atoms with Crippen molar-refractivity contribution in [3.63, 3.8) is 0 Å². The lowest BCUT2D eigenvalue weighted by Gasteiger charge is -2.14. The summed E-state index contributed by atoms with van der Waals surface area (Å²) in [6.07, 6.45) is 2.85. The third-order valence-electron chi connectivity index (χ3n) is 5.46. The molecule has 1 unspecified atom stereocenters. The Hall–Kier alpha value is -3.69. The Balaban J connectivity index is 1.58. The summed E-state index contributed by atoms with van der Waals surface area (Å²) in [4.78, 5) is 42.6. The zero-order valence-corrected chi connectivity index (χ0v) is 16.9. The lowest BCUT2D eigenvalue weighted by molar-refractivity contribution is -0.140. The van der Waals surface area contributed by atoms with Gasteiger partial charge in [-0.05, 0) is 55.7 Å². The number of amides is 1. The van der Waals surface area contributed by atoms with Gasteiger partial charge in [0.05, 0.1) is 5.69 Å². The number of hydrogen-bond donors (Lipinski definition) is 5. The molecule has 0 saturated carbocycles. The molecule has 31 heavy (non-hydrogen) atoms. The summed E-state index contributed by atoms with van der Waals surface area (Å²) in [7, 11) is 0. The summed E-state index contributed by atoms with van der Waals surface area (Å²) in [6, 6.07) is 5.64. The van der Waals surface area contributed by atoms with Gasteiger partial charge in [-0.25, -0.2) is 9.78 Å². The lowest BCUT2D eigenvalue weighted by Crippen LogP contribution is -2.41. The van der Waals surface area contributed by atoms with Gasteiger partial charge in [0.25, 0.3) is 5.91 Å². The molecule has 1 aliphatic carbocycles. The van der Waals surface area contributed by atoms with E-state index < -0.39 is 23.9 Å². The van der Waals surface area contributed by atoms with E-state index in [1.165, 1.54) is 0 Å². The fourth-order valence-corrected chi connectivity index (χ4v) is 3.86. The van der Waals surface area contributed by atoms with E-state index in [0.29, 0.717) is 11.4 Å². The Labute approximate surface area is 178 Å². The molecule has 1 amide bonds. The van der Waals surface area contributed by atoms with Crippen LogP contribution in [-0.2, 0) is 22.4 Å². The minimum absolute atomic E-state index is 0.185. The maximum atomic E-state index is 12.3. The van der Waals surface area contributed by atoms with Crippen LogP contribution in [0, 0.1) is 0 Å². The van der Waals surface area contributed by atoms with E-state index in [1.54, 1.807) is 12.1 Å². The molecule has 0 bridgehead atoms. The molecular formula is C21H25N5O5. The van der Waals surface area contributed by atoms with E-state index in [4.69, 9.17) is 16.6 Å². The maximum absolute atomic E-state index is 12.3. The van der Waals surface area contributed by atoms with E-state index in [0.717, 1.165) is 42.5 Å². The Morgan fingerprint density at radius 1 is 1.13 bits per heavy atom. The summed E-state index contributed by atoms with van der Waals surface area (Å²) < 4.78 is 0. The highest BCUT2D eigenvalue weighted by molar-refractivity contribution is 5.96. The second-order valence-corrected chi connectivity index (χ2v) is 7.60. The minimum atomic E-state index is -1.27. The van der Waals surface area contributed by atoms with Gasteiger partial charge in [-0.15, -0.1) is 0 Å². The number of aromatic nitrogens is 2. The van der Waals surface area contributed by atoms with Gasteiger partial charge in [0.1, 0.15) is 11.9 Å². The van der Waals surface area contributed by atoms with Crippen molar-refractivity contribution in [3.8, 4) is 0 Å². The number of anilines is 2. The maximum Gasteiger partial charge on any atom is 0.326 e. The van der Waals surface area contributed by atoms with Crippen molar-refractivity contribution in [2.24, 2.45) is 0 Å². The first kappa shape index (κ1) is 22.0. The van der Waals surface area contributed by atoms with Crippen LogP contribution in [0.4, 0.5) is 11.8 Å². The second-order valence-electron chi connectivity index (χ2n) is 7.60. The van der Waals surface area contributed by atoms with Crippen LogP contribution in [0.25, 0.3) is 0 Å². The molecular weight excluding hydrogens is 402 g/mol. The lowest BCUT2D eigenvalue weighted by atomic mass is 9.94. The van der Waals surface area contributed by atoms with Gasteiger partial charge in [-0.2, -0.15) is 4.98 Å². The monoisotopic (exact) mass is 427 g/mol. The molecule has 2 aromatic rings. The molecule has 1 heterocycles. The molecule has 0 aliphatic heterocycles. The van der Waals surface area contributed by atoms with Gasteiger partial charge in [-0.3, -0.25) is 9.59 Å². The molecule has 10 heteroatoms. The van der Waals surface area contributed by atoms with E-state index in [1.807, 2.05) is 12.1 Å². The average molecular weight is 427 g/mol. The Bertz CT molecular complexity index is 992. The molecule has 1 aliphatic rings. The first-order valence-corrected chi connectivity index (χ1v) is 10.0. The minimum Gasteiger partial charge on any atom is -0.481 e. The smallest absolute Gasteiger partial charge is 0.326 e. The molecule has 0 saturated heterocycles. The number of carboxylic acids is 2. The Morgan fingerprint density at radius 2 is 1.84 bits per heavy atom. The highest BCUT2D eigenvalue weighted by Crippen LogP contribution is 2.38. The van der Waals surface area contributed by atoms with Crippen molar-refractivity contribution < 1.29 is 24.6 Å². The number of benzene rings is 1. The molecule has 0 radical (unpaired) electrons. The number of nitrogens with two attached hydrogens (primary N) is 2. The summed E-state index contributed by atoms with van der Waals surface area (Å²) in [5.74, 6) is -2.06. The topological polar surface area (TPSA) is 182 Å². The molecule has 3 rings (SSSR count). The molecule has 0 spiro atoms. The second kappa shape index (κ2) is 9.41. The van der Waals surface area contributed by atoms with Crippen LogP contribution < -0.4 is 16.8 Å². The number of fused-ring (bicyclic) bond motifs is 1. The van der Waals surface area contributed by atoms with Crippen molar-refractivity contribution >= 4 is 29.6 Å². The molecule has 10 nitrogen and oxygen atoms in total. The van der Waals surface area contributed by atoms with Crippen molar-refractivity contribution in [1.82, 2.24) is 15.3 Å². The molecule has 2 atom stereocenters. The zero-order chi connectivity index (χ0) is 22.5. The SMILES string of the molecule is Nc1nc(N)c2c(n1)CCC2CCc1ccc(C(=O)N[C@@H](CCC(=O)O)C(=O)O)cc1. The van der Waals surface area contributed by atoms with E-state index in [2.05, 4.69) is 15.3 Å². The zero-order valence-electron chi connectivity index (χ0n) is 16.9. The number of rotatable bonds is 9. The van der Waals surface area contributed by atoms with Crippen LogP contribution in [0.15, 0.2) is 24.3 Å². The number of nitrogen functional groups attached to an aromatic ring is 2. The number of carbonyl (C=O) groups is 3. The Kier molecular flexibility index (Phi) is 6.68. The van der Waals surface area contributed by atoms with Crippen LogP contribution in [0.2, 0.25) is 0 Å². The summed E-state index contributed by atoms with van der Waals surface area (Å²) in [5, 5.41) is 20.2. The van der Waals surface area contributed by atoms with Gasteiger partial charge in [-0.1, -0.05) is 12.1 Å². The van der Waals surface area contributed by atoms with Crippen molar-refractivity contribution in [2.75, 3.05) is 11.5 Å². The van der Waals surface area contributed by atoms with Crippen molar-refractivity contribution in [1.29, 1.82) is 0 Å². The number of carbonyl (C=O) groups excluding carboxylic acids is 1. The van der Waals surface area contributed by atoms with Crippen LogP contribution in [0.1, 0.15) is 58.8 Å². The van der Waals surface area contributed by atoms with E-state index in [-0.39, 0.29) is 24.7 Å². The van der Waals surface area contributed by atoms with E-state index in [9.17, 15) is 19.5 Å². The number of nitrogens with one attached hydrogen (secondary N) is 1. The molecule has 164 valence electrons. The van der Waals surface area contributed by atoms with Crippen molar-refractivity contribution in [2.45, 2.75) is 50.5 Å². The largest absolute Gasteiger partial charge is 0.481 e. The summed E-state index contributed by atoms with van der Waals surface area (Å²) in [5.41, 5.74) is 14.9. The van der Waals surface area contributed by atoms with E-state index >= 15 is 0 Å². The van der Waals surface area contributed by atoms with Gasteiger partial charge < -0.3 is 27.0 Å². The van der Waals surface area contributed by atoms with Crippen LogP contribution in [-0.4, -0.2) is 44.1 Å². The Morgan fingerprint density at radius 3 is 2.48 bits per heavy atom. The van der Waals surface area contributed by atoms with Gasteiger partial charge in [0, 0.05) is 17.5 Å². The predicted octanol–water partition coefficient (Wildman–Crippen LogP) is 1.35. The van der Waals surface area contributed by atoms with Crippen molar-refractivity contribution in [3.05, 3.63) is 46.6 Å². The number of hydrogen-bond acceptors (Lipinski definition) is 7. The molecule has 7 N–H and O–H groups in total. The van der Waals surface area contributed by atoms with Gasteiger partial charge in [0.15, 0.2) is 0 Å². The summed E-state index contributed by atoms with van der Waals surface area (Å²) >= 11 is 0. The summed E-state index contributed by atoms with van der Waals surface area (Å²) in [6.45, 7) is 0. The fourth-order valence-electron chi connectivity index (χ4n) is 3.86.